The molecule has 1 unspecified atom stereocenters. The van der Waals surface area contributed by atoms with Crippen LogP contribution in [0.5, 0.6) is 0 Å². The highest BCUT2D eigenvalue weighted by Crippen LogP contribution is 2.31. The van der Waals surface area contributed by atoms with Crippen molar-refractivity contribution in [2.75, 3.05) is 33.4 Å². The van der Waals surface area contributed by atoms with Crippen molar-refractivity contribution in [2.45, 2.75) is 71.9 Å². The molecule has 1 rings (SSSR count). The van der Waals surface area contributed by atoms with Gasteiger partial charge in [0.05, 0.1) is 0 Å². The fourth-order valence-electron chi connectivity index (χ4n) is 3.37. The van der Waals surface area contributed by atoms with Crippen LogP contribution in [0.15, 0.2) is 0 Å². The molecule has 0 bridgehead atoms. The summed E-state index contributed by atoms with van der Waals surface area (Å²) in [6, 6.07) is 0.635. The van der Waals surface area contributed by atoms with E-state index in [-0.39, 0.29) is 0 Å². The fraction of sp³-hybridized carbons (Fsp3) is 1.00. The van der Waals surface area contributed by atoms with Crippen LogP contribution < -0.4 is 5.32 Å². The van der Waals surface area contributed by atoms with Crippen molar-refractivity contribution in [1.29, 1.82) is 0 Å². The fourth-order valence-corrected chi connectivity index (χ4v) is 3.37. The molecule has 20 heavy (non-hydrogen) atoms. The maximum atomic E-state index is 5.18. The van der Waals surface area contributed by atoms with Gasteiger partial charge in [-0.25, -0.2) is 0 Å². The maximum Gasteiger partial charge on any atom is 0.0462 e. The summed E-state index contributed by atoms with van der Waals surface area (Å²) in [5.74, 6) is 0. The van der Waals surface area contributed by atoms with Gasteiger partial charge in [-0.15, -0.1) is 0 Å². The molecule has 0 spiro atoms. The Balaban J connectivity index is 2.68. The number of nitrogens with one attached hydrogen (secondary N) is 1. The van der Waals surface area contributed by atoms with Gasteiger partial charge in [0.15, 0.2) is 0 Å². The van der Waals surface area contributed by atoms with Crippen LogP contribution in [0.3, 0.4) is 0 Å². The second kappa shape index (κ2) is 7.77. The lowest BCUT2D eigenvalue weighted by Gasteiger charge is -2.51. The molecule has 1 N–H and O–H groups in total. The lowest BCUT2D eigenvalue weighted by atomic mass is 9.80. The molecule has 0 saturated carbocycles. The van der Waals surface area contributed by atoms with Gasteiger partial charge in [-0.2, -0.15) is 0 Å². The number of rotatable bonds is 7. The summed E-state index contributed by atoms with van der Waals surface area (Å²) in [5.41, 5.74) is 0.658. The smallest absolute Gasteiger partial charge is 0.0462 e. The van der Waals surface area contributed by atoms with Gasteiger partial charge in [0.2, 0.25) is 0 Å². The van der Waals surface area contributed by atoms with Gasteiger partial charge in [-0.3, -0.25) is 4.90 Å². The lowest BCUT2D eigenvalue weighted by molar-refractivity contribution is 0.0167. The van der Waals surface area contributed by atoms with Crippen molar-refractivity contribution < 1.29 is 4.74 Å². The second-order valence-corrected chi connectivity index (χ2v) is 7.42. The van der Waals surface area contributed by atoms with E-state index in [1.807, 2.05) is 0 Å². The molecule has 0 aromatic carbocycles. The number of ether oxygens (including phenoxy) is 1. The van der Waals surface area contributed by atoms with Crippen molar-refractivity contribution >= 4 is 0 Å². The Morgan fingerprint density at radius 3 is 2.35 bits per heavy atom. The highest BCUT2D eigenvalue weighted by molar-refractivity contribution is 4.99. The van der Waals surface area contributed by atoms with Crippen molar-refractivity contribution in [3.63, 3.8) is 0 Å². The number of unbranched alkanes of at least 4 members (excludes halogenated alkanes) is 1. The normalized spacial score (nSPS) is 24.0. The van der Waals surface area contributed by atoms with E-state index in [0.29, 0.717) is 17.0 Å². The van der Waals surface area contributed by atoms with Crippen LogP contribution in [0.25, 0.3) is 0 Å². The molecule has 0 aromatic rings. The van der Waals surface area contributed by atoms with Crippen molar-refractivity contribution in [2.24, 2.45) is 5.41 Å². The first kappa shape index (κ1) is 17.9. The summed E-state index contributed by atoms with van der Waals surface area (Å²) in [7, 11) is 1.79. The van der Waals surface area contributed by atoms with Gasteiger partial charge in [-0.1, -0.05) is 34.6 Å². The molecule has 1 aliphatic heterocycles. The zero-order valence-electron chi connectivity index (χ0n) is 14.6. The molecule has 1 saturated heterocycles. The van der Waals surface area contributed by atoms with E-state index >= 15 is 0 Å². The number of piperazine rings is 1. The number of nitrogens with zero attached hydrogens (tertiary/aromatic N) is 1. The van der Waals surface area contributed by atoms with Gasteiger partial charge >= 0.3 is 0 Å². The van der Waals surface area contributed by atoms with Crippen LogP contribution in [0, 0.1) is 5.41 Å². The van der Waals surface area contributed by atoms with Crippen LogP contribution in [0.2, 0.25) is 0 Å². The molecule has 1 atom stereocenters. The Kier molecular flexibility index (Phi) is 6.96. The molecule has 3 heteroatoms. The van der Waals surface area contributed by atoms with Crippen molar-refractivity contribution in [3.05, 3.63) is 0 Å². The molecule has 0 aliphatic carbocycles. The van der Waals surface area contributed by atoms with E-state index in [1.54, 1.807) is 7.11 Å². The Bertz CT molecular complexity index is 269. The SMILES string of the molecule is CCC1(CC)CN(CCCCOC)C(C(C)(C)C)CN1. The van der Waals surface area contributed by atoms with Crippen molar-refractivity contribution in [3.8, 4) is 0 Å². The van der Waals surface area contributed by atoms with E-state index in [2.05, 4.69) is 44.8 Å². The van der Waals surface area contributed by atoms with E-state index in [9.17, 15) is 0 Å². The van der Waals surface area contributed by atoms with Crippen molar-refractivity contribution in [1.82, 2.24) is 10.2 Å². The van der Waals surface area contributed by atoms with E-state index in [4.69, 9.17) is 4.74 Å². The van der Waals surface area contributed by atoms with Crippen LogP contribution >= 0.6 is 0 Å². The van der Waals surface area contributed by atoms with Gasteiger partial charge < -0.3 is 10.1 Å². The average Bonchev–Trinajstić information content (AvgIpc) is 2.42. The summed E-state index contributed by atoms with van der Waals surface area (Å²) < 4.78 is 5.18. The Morgan fingerprint density at radius 2 is 1.85 bits per heavy atom. The molecule has 1 fully saturated rings. The Morgan fingerprint density at radius 1 is 1.20 bits per heavy atom. The number of hydrogen-bond donors (Lipinski definition) is 1. The van der Waals surface area contributed by atoms with E-state index in [1.165, 1.54) is 38.8 Å². The zero-order chi connectivity index (χ0) is 15.2. The second-order valence-electron chi connectivity index (χ2n) is 7.42. The third-order valence-corrected chi connectivity index (χ3v) is 5.01. The first-order chi connectivity index (χ1) is 9.38. The largest absolute Gasteiger partial charge is 0.385 e. The van der Waals surface area contributed by atoms with Crippen LogP contribution in [0.1, 0.15) is 60.3 Å². The third kappa shape index (κ3) is 4.71. The predicted octanol–water partition coefficient (Wildman–Crippen LogP) is 3.29. The van der Waals surface area contributed by atoms with Gasteiger partial charge in [-0.05, 0) is 37.6 Å². The van der Waals surface area contributed by atoms with Gasteiger partial charge in [0.25, 0.3) is 0 Å². The first-order valence-corrected chi connectivity index (χ1v) is 8.36. The molecule has 0 amide bonds. The van der Waals surface area contributed by atoms with Gasteiger partial charge in [0, 0.05) is 38.4 Å². The Hall–Kier alpha value is -0.120. The first-order valence-electron chi connectivity index (χ1n) is 8.36. The van der Waals surface area contributed by atoms with E-state index < -0.39 is 0 Å². The molecule has 1 aliphatic rings. The molecular formula is C17H36N2O. The van der Waals surface area contributed by atoms with Crippen LogP contribution in [-0.4, -0.2) is 49.8 Å². The molecule has 1 heterocycles. The lowest BCUT2D eigenvalue weighted by Crippen LogP contribution is -2.66. The quantitative estimate of drug-likeness (QED) is 0.726. The zero-order valence-corrected chi connectivity index (χ0v) is 14.6. The summed E-state index contributed by atoms with van der Waals surface area (Å²) in [6.45, 7) is 16.1. The minimum absolute atomic E-state index is 0.322. The number of hydrogen-bond acceptors (Lipinski definition) is 3. The van der Waals surface area contributed by atoms with Crippen LogP contribution in [0.4, 0.5) is 0 Å². The molecule has 0 radical (unpaired) electrons. The van der Waals surface area contributed by atoms with E-state index in [0.717, 1.165) is 13.2 Å². The monoisotopic (exact) mass is 284 g/mol. The summed E-state index contributed by atoms with van der Waals surface area (Å²) in [4.78, 5) is 2.74. The molecule has 0 aromatic heterocycles. The highest BCUT2D eigenvalue weighted by atomic mass is 16.5. The number of methoxy groups -OCH3 is 1. The average molecular weight is 284 g/mol. The minimum Gasteiger partial charge on any atom is -0.385 e. The predicted molar refractivity (Wildman–Crippen MR) is 87.2 cm³/mol. The summed E-state index contributed by atoms with van der Waals surface area (Å²) in [6.07, 6.45) is 4.84. The molecule has 3 nitrogen and oxygen atoms in total. The Labute approximate surface area is 126 Å². The highest BCUT2D eigenvalue weighted by Gasteiger charge is 2.40. The minimum atomic E-state index is 0.322. The summed E-state index contributed by atoms with van der Waals surface area (Å²) in [5, 5.41) is 3.85. The maximum absolute atomic E-state index is 5.18. The topological polar surface area (TPSA) is 24.5 Å². The standard InChI is InChI=1S/C17H36N2O/c1-7-17(8-2)14-19(11-9-10-12-20-6)15(13-18-17)16(3,4)5/h15,18H,7-14H2,1-6H3. The van der Waals surface area contributed by atoms with Crippen LogP contribution in [-0.2, 0) is 4.74 Å². The molecular weight excluding hydrogens is 248 g/mol. The third-order valence-electron chi connectivity index (χ3n) is 5.01. The summed E-state index contributed by atoms with van der Waals surface area (Å²) >= 11 is 0. The van der Waals surface area contributed by atoms with Gasteiger partial charge in [0.1, 0.15) is 0 Å². The molecule has 120 valence electrons.